The molecule has 1 aromatic heterocycles. The van der Waals surface area contributed by atoms with Crippen molar-refractivity contribution in [1.29, 1.82) is 0 Å². The highest BCUT2D eigenvalue weighted by Gasteiger charge is 2.49. The summed E-state index contributed by atoms with van der Waals surface area (Å²) in [7, 11) is 3.18. The van der Waals surface area contributed by atoms with E-state index >= 15 is 0 Å². The summed E-state index contributed by atoms with van der Waals surface area (Å²) < 4.78 is 12.8. The third-order valence-electron chi connectivity index (χ3n) is 9.32. The molecule has 3 aliphatic heterocycles. The van der Waals surface area contributed by atoms with Crippen molar-refractivity contribution in [2.75, 3.05) is 25.7 Å². The van der Waals surface area contributed by atoms with Gasteiger partial charge in [-0.25, -0.2) is 5.21 Å². The third kappa shape index (κ3) is 4.83. The Balaban J connectivity index is 1.38. The van der Waals surface area contributed by atoms with Crippen molar-refractivity contribution in [2.45, 2.75) is 51.2 Å². The average molecular weight is 575 g/mol. The highest BCUT2D eigenvalue weighted by molar-refractivity contribution is 5.83. The molecule has 6 atom stereocenters. The van der Waals surface area contributed by atoms with Gasteiger partial charge in [-0.05, 0) is 60.1 Å². The number of aromatic nitrogens is 1. The van der Waals surface area contributed by atoms with E-state index in [9.17, 15) is 20.0 Å². The molecule has 42 heavy (non-hydrogen) atoms. The van der Waals surface area contributed by atoms with Crippen LogP contribution < -0.4 is 30.5 Å². The van der Waals surface area contributed by atoms with E-state index in [-0.39, 0.29) is 47.0 Å². The molecule has 2 aromatic carbocycles. The van der Waals surface area contributed by atoms with Crippen LogP contribution >= 0.6 is 0 Å². The topological polar surface area (TPSA) is 121 Å². The van der Waals surface area contributed by atoms with E-state index in [0.29, 0.717) is 31.0 Å². The number of hydrogen-bond donors (Lipinski definition) is 3. The molecule has 3 N–H and O–H groups in total. The molecule has 4 heterocycles. The molecule has 10 heteroatoms. The first-order valence-corrected chi connectivity index (χ1v) is 14.5. The fourth-order valence-corrected chi connectivity index (χ4v) is 7.43. The van der Waals surface area contributed by atoms with Gasteiger partial charge in [0.25, 0.3) is 5.56 Å². The zero-order valence-corrected chi connectivity index (χ0v) is 24.4. The van der Waals surface area contributed by atoms with E-state index in [1.165, 1.54) is 0 Å². The summed E-state index contributed by atoms with van der Waals surface area (Å²) >= 11 is 0. The second-order valence-corrected chi connectivity index (χ2v) is 12.0. The van der Waals surface area contributed by atoms with Crippen molar-refractivity contribution in [3.05, 3.63) is 87.0 Å². The van der Waals surface area contributed by atoms with Gasteiger partial charge in [0.05, 0.1) is 26.2 Å². The Hall–Kier alpha value is -3.86. The Morgan fingerprint density at radius 3 is 2.57 bits per heavy atom. The number of amides is 1. The quantitative estimate of drug-likeness (QED) is 0.371. The molecule has 1 saturated heterocycles. The van der Waals surface area contributed by atoms with Crippen LogP contribution in [0, 0.1) is 23.0 Å². The second-order valence-electron chi connectivity index (χ2n) is 12.0. The number of rotatable bonds is 7. The molecule has 6 rings (SSSR count). The molecule has 6 unspecified atom stereocenters. The number of carbonyl (C=O) groups excluding carboxylic acids is 1. The summed E-state index contributed by atoms with van der Waals surface area (Å²) in [6, 6.07) is 16.0. The number of benzene rings is 2. The molecular weight excluding hydrogens is 536 g/mol. The molecule has 222 valence electrons. The lowest BCUT2D eigenvalue weighted by Gasteiger charge is -2.54. The van der Waals surface area contributed by atoms with Gasteiger partial charge in [0.1, 0.15) is 0 Å². The Morgan fingerprint density at radius 2 is 1.86 bits per heavy atom. The summed E-state index contributed by atoms with van der Waals surface area (Å²) in [6.07, 6.45) is 1.33. The smallest absolute Gasteiger partial charge is 0.250 e. The number of ether oxygens (including phenoxy) is 2. The van der Waals surface area contributed by atoms with Crippen LogP contribution in [0.2, 0.25) is 0 Å². The highest BCUT2D eigenvalue weighted by atomic mass is 16.8. The van der Waals surface area contributed by atoms with E-state index < -0.39 is 11.1 Å². The van der Waals surface area contributed by atoms with Crippen molar-refractivity contribution < 1.29 is 24.7 Å². The second kappa shape index (κ2) is 11.1. The van der Waals surface area contributed by atoms with Gasteiger partial charge in [0.2, 0.25) is 5.91 Å². The molecule has 1 amide bonds. The SMILES string of the molecule is COc1ccc(C(NC(=O)C2Cc3cc([NH+]([O-])O)ccc3N3CC4CC(Cn5c4cccc5=O)C23)C(C)C)cc1OC. The fourth-order valence-electron chi connectivity index (χ4n) is 7.43. The number of fused-ring (bicyclic) bond motifs is 8. The van der Waals surface area contributed by atoms with Crippen LogP contribution in [0.15, 0.2) is 59.4 Å². The van der Waals surface area contributed by atoms with Crippen molar-refractivity contribution in [2.24, 2.45) is 17.8 Å². The molecule has 0 aliphatic carbocycles. The number of nitrogens with zero attached hydrogens (tertiary/aromatic N) is 2. The van der Waals surface area contributed by atoms with Crippen LogP contribution in [0.4, 0.5) is 11.4 Å². The Kier molecular flexibility index (Phi) is 7.46. The first-order chi connectivity index (χ1) is 20.2. The number of pyridine rings is 1. The zero-order chi connectivity index (χ0) is 29.7. The Labute approximate surface area is 245 Å². The molecule has 10 nitrogen and oxygen atoms in total. The van der Waals surface area contributed by atoms with E-state index in [1.54, 1.807) is 32.4 Å². The molecule has 3 aromatic rings. The van der Waals surface area contributed by atoms with Crippen molar-refractivity contribution in [1.82, 2.24) is 9.88 Å². The fraction of sp³-hybridized carbons (Fsp3) is 0.438. The number of nitrogens with one attached hydrogen (secondary N) is 2. The molecule has 0 saturated carbocycles. The minimum absolute atomic E-state index is 0.00714. The minimum Gasteiger partial charge on any atom is -0.595 e. The number of hydrogen-bond acceptors (Lipinski definition) is 7. The van der Waals surface area contributed by atoms with E-state index in [4.69, 9.17) is 9.47 Å². The van der Waals surface area contributed by atoms with Crippen LogP contribution in [0.3, 0.4) is 0 Å². The molecule has 3 aliphatic rings. The van der Waals surface area contributed by atoms with Gasteiger partial charge in [-0.3, -0.25) is 9.59 Å². The Morgan fingerprint density at radius 1 is 1.07 bits per heavy atom. The predicted molar refractivity (Wildman–Crippen MR) is 157 cm³/mol. The number of quaternary nitrogens is 1. The number of piperidine rings is 1. The van der Waals surface area contributed by atoms with Crippen LogP contribution in [0.25, 0.3) is 0 Å². The van der Waals surface area contributed by atoms with Gasteiger partial charge >= 0.3 is 0 Å². The zero-order valence-electron chi connectivity index (χ0n) is 24.4. The van der Waals surface area contributed by atoms with Gasteiger partial charge in [-0.2, -0.15) is 5.23 Å². The van der Waals surface area contributed by atoms with Gasteiger partial charge in [0.15, 0.2) is 17.2 Å². The maximum absolute atomic E-state index is 14.3. The number of methoxy groups -OCH3 is 2. The molecule has 1 fully saturated rings. The lowest BCUT2D eigenvalue weighted by Crippen LogP contribution is -2.99. The van der Waals surface area contributed by atoms with Crippen LogP contribution in [0.1, 0.15) is 49.0 Å². The van der Waals surface area contributed by atoms with E-state index in [2.05, 4.69) is 24.1 Å². The summed E-state index contributed by atoms with van der Waals surface area (Å²) in [5.74, 6) is 1.06. The number of anilines is 1. The first kappa shape index (κ1) is 28.3. The lowest BCUT2D eigenvalue weighted by molar-refractivity contribution is -0.991. The number of carbonyl (C=O) groups is 1. The molecule has 2 bridgehead atoms. The standard InChI is InChI=1S/C32H38N4O6/c1-18(2)30(19-8-11-27(41-3)28(15-19)42-4)33-32(38)24-14-20-13-23(36(39)40)9-10-26(20)35-16-21-12-22(31(24)35)17-34-25(21)6-5-7-29(34)37/h5-11,13,15,18,21-22,24,30-31,36,39H,12,14,16-17H2,1-4H3,(H,33,38). The summed E-state index contributed by atoms with van der Waals surface area (Å²) in [5.41, 5.74) is 4.00. The molecule has 0 radical (unpaired) electrons. The van der Waals surface area contributed by atoms with E-state index in [0.717, 1.165) is 28.9 Å². The maximum Gasteiger partial charge on any atom is 0.250 e. The average Bonchev–Trinajstić information content (AvgIpc) is 2.99. The summed E-state index contributed by atoms with van der Waals surface area (Å²) in [5, 5.41) is 23.9. The summed E-state index contributed by atoms with van der Waals surface area (Å²) in [4.78, 5) is 29.5. The lowest BCUT2D eigenvalue weighted by atomic mass is 9.70. The van der Waals surface area contributed by atoms with Gasteiger partial charge in [-0.1, -0.05) is 26.0 Å². The molecular formula is C32H38N4O6. The van der Waals surface area contributed by atoms with Gasteiger partial charge < -0.3 is 29.5 Å². The Bertz CT molecular complexity index is 1550. The minimum atomic E-state index is -0.988. The summed E-state index contributed by atoms with van der Waals surface area (Å²) in [6.45, 7) is 5.36. The highest BCUT2D eigenvalue weighted by Crippen LogP contribution is 2.47. The van der Waals surface area contributed by atoms with Crippen molar-refractivity contribution in [3.63, 3.8) is 0 Å². The largest absolute Gasteiger partial charge is 0.595 e. The van der Waals surface area contributed by atoms with Crippen LogP contribution in [0.5, 0.6) is 11.5 Å². The van der Waals surface area contributed by atoms with E-state index in [1.807, 2.05) is 41.0 Å². The van der Waals surface area contributed by atoms with Crippen LogP contribution in [-0.2, 0) is 17.8 Å². The van der Waals surface area contributed by atoms with Gasteiger partial charge in [-0.15, -0.1) is 0 Å². The molecule has 0 spiro atoms. The maximum atomic E-state index is 14.3. The van der Waals surface area contributed by atoms with Gasteiger partial charge in [0, 0.05) is 54.6 Å². The predicted octanol–water partition coefficient (Wildman–Crippen LogP) is 2.95. The van der Waals surface area contributed by atoms with Crippen molar-refractivity contribution >= 4 is 17.3 Å². The third-order valence-corrected chi connectivity index (χ3v) is 9.32. The normalized spacial score (nSPS) is 23.7. The monoisotopic (exact) mass is 574 g/mol. The first-order valence-electron chi connectivity index (χ1n) is 14.5. The van der Waals surface area contributed by atoms with Crippen molar-refractivity contribution in [3.8, 4) is 11.5 Å². The van der Waals surface area contributed by atoms with Crippen LogP contribution in [-0.4, -0.2) is 42.5 Å².